The molecule has 1 N–H and O–H groups in total. The number of thiocarbonyl (C=S) groups is 1. The summed E-state index contributed by atoms with van der Waals surface area (Å²) in [5, 5.41) is 8.54. The van der Waals surface area contributed by atoms with Crippen molar-refractivity contribution >= 4 is 17.3 Å². The Morgan fingerprint density at radius 2 is 2.00 bits per heavy atom. The second kappa shape index (κ2) is 11.0. The average Bonchev–Trinajstić information content (AvgIpc) is 3.55. The lowest BCUT2D eigenvalue weighted by molar-refractivity contribution is 0.300. The molecule has 2 aliphatic rings. The summed E-state index contributed by atoms with van der Waals surface area (Å²) >= 11 is 5.68. The van der Waals surface area contributed by atoms with Gasteiger partial charge in [-0.2, -0.15) is 4.98 Å². The lowest BCUT2D eigenvalue weighted by Gasteiger charge is -2.33. The Balaban J connectivity index is 1.12. The summed E-state index contributed by atoms with van der Waals surface area (Å²) in [5.74, 6) is 2.70. The third-order valence-corrected chi connectivity index (χ3v) is 7.21. The molecule has 3 aromatic rings. The molecule has 2 aromatic heterocycles. The van der Waals surface area contributed by atoms with Gasteiger partial charge in [0.25, 0.3) is 5.89 Å². The summed E-state index contributed by atoms with van der Waals surface area (Å²) in [4.78, 5) is 11.6. The Hall–Kier alpha value is -3.00. The molecule has 0 amide bonds. The molecule has 8 heteroatoms. The van der Waals surface area contributed by atoms with Crippen LogP contribution >= 0.6 is 12.2 Å². The van der Waals surface area contributed by atoms with Gasteiger partial charge in [0.1, 0.15) is 5.82 Å². The molecule has 0 radical (unpaired) electrons. The minimum Gasteiger partial charge on any atom is -0.362 e. The first-order valence-electron chi connectivity index (χ1n) is 12.4. The highest BCUT2D eigenvalue weighted by molar-refractivity contribution is 7.80. The van der Waals surface area contributed by atoms with Crippen LogP contribution in [0.5, 0.6) is 0 Å². The number of benzene rings is 1. The molecular formula is C26H32N6OS. The normalized spacial score (nSPS) is 16.9. The van der Waals surface area contributed by atoms with E-state index in [1.807, 2.05) is 42.7 Å². The van der Waals surface area contributed by atoms with Crippen LogP contribution in [0.4, 0.5) is 0 Å². The highest BCUT2D eigenvalue weighted by atomic mass is 32.1. The smallest absolute Gasteiger partial charge is 0.257 e. The molecule has 0 saturated carbocycles. The number of hydrogen-bond acceptors (Lipinski definition) is 5. The molecule has 34 heavy (non-hydrogen) atoms. The van der Waals surface area contributed by atoms with E-state index in [-0.39, 0.29) is 0 Å². The van der Waals surface area contributed by atoms with Gasteiger partial charge in [-0.1, -0.05) is 35.0 Å². The van der Waals surface area contributed by atoms with Crippen molar-refractivity contribution in [2.75, 3.05) is 19.6 Å². The number of aromatic nitrogens is 4. The molecule has 0 spiro atoms. The number of likely N-dealkylation sites (tertiary alicyclic amines) is 1. The standard InChI is InChI=1S/C26H32N6OS/c34-26(28-14-11-20-7-3-1-4-8-20)31-16-12-21(13-17-31)24-27-15-18-32(24)19-23-29-25(33-30-23)22-9-5-2-6-10-22/h2,5-7,9-10,15,18,21H,1,3-4,8,11-14,16-17,19H2,(H,28,34). The summed E-state index contributed by atoms with van der Waals surface area (Å²) < 4.78 is 7.62. The fourth-order valence-electron chi connectivity index (χ4n) is 4.90. The molecule has 1 aliphatic carbocycles. The Labute approximate surface area is 206 Å². The van der Waals surface area contributed by atoms with Crippen LogP contribution in [0.2, 0.25) is 0 Å². The highest BCUT2D eigenvalue weighted by Gasteiger charge is 2.25. The van der Waals surface area contributed by atoms with Crippen molar-refractivity contribution in [1.29, 1.82) is 0 Å². The highest BCUT2D eigenvalue weighted by Crippen LogP contribution is 2.28. The van der Waals surface area contributed by atoms with E-state index in [0.29, 0.717) is 24.2 Å². The van der Waals surface area contributed by atoms with Crippen molar-refractivity contribution in [2.24, 2.45) is 0 Å². The van der Waals surface area contributed by atoms with Crippen LogP contribution in [0.1, 0.15) is 62.5 Å². The van der Waals surface area contributed by atoms with E-state index in [1.165, 1.54) is 25.7 Å². The Bertz CT molecular complexity index is 1110. The fraction of sp³-hybridized carbons (Fsp3) is 0.462. The first kappa shape index (κ1) is 22.8. The first-order valence-corrected chi connectivity index (χ1v) is 12.8. The van der Waals surface area contributed by atoms with Gasteiger partial charge in [0, 0.05) is 43.5 Å². The summed E-state index contributed by atoms with van der Waals surface area (Å²) in [5.41, 5.74) is 2.52. The van der Waals surface area contributed by atoms with Gasteiger partial charge in [0.15, 0.2) is 10.9 Å². The second-order valence-corrected chi connectivity index (χ2v) is 9.53. The van der Waals surface area contributed by atoms with Gasteiger partial charge in [0.05, 0.1) is 6.54 Å². The van der Waals surface area contributed by atoms with Gasteiger partial charge in [-0.15, -0.1) is 0 Å². The third-order valence-electron chi connectivity index (χ3n) is 6.80. The lowest BCUT2D eigenvalue weighted by Crippen LogP contribution is -2.44. The van der Waals surface area contributed by atoms with Crippen LogP contribution in [-0.4, -0.2) is 49.3 Å². The van der Waals surface area contributed by atoms with E-state index in [9.17, 15) is 0 Å². The Kier molecular flexibility index (Phi) is 7.34. The van der Waals surface area contributed by atoms with Gasteiger partial charge >= 0.3 is 0 Å². The monoisotopic (exact) mass is 476 g/mol. The zero-order valence-corrected chi connectivity index (χ0v) is 20.3. The van der Waals surface area contributed by atoms with Crippen molar-refractivity contribution in [3.05, 3.63) is 66.0 Å². The van der Waals surface area contributed by atoms with Crippen molar-refractivity contribution < 1.29 is 4.52 Å². The number of imidazole rings is 1. The zero-order chi connectivity index (χ0) is 23.2. The van der Waals surface area contributed by atoms with Crippen LogP contribution in [0.15, 0.2) is 58.9 Å². The maximum atomic E-state index is 5.68. The van der Waals surface area contributed by atoms with Crippen molar-refractivity contribution in [2.45, 2.75) is 57.4 Å². The molecule has 0 bridgehead atoms. The predicted octanol–water partition coefficient (Wildman–Crippen LogP) is 4.93. The largest absolute Gasteiger partial charge is 0.362 e. The number of nitrogens with one attached hydrogen (secondary N) is 1. The predicted molar refractivity (Wildman–Crippen MR) is 136 cm³/mol. The molecule has 0 unspecified atom stereocenters. The fourth-order valence-corrected chi connectivity index (χ4v) is 5.18. The molecule has 1 aromatic carbocycles. The number of nitrogens with zero attached hydrogens (tertiary/aromatic N) is 5. The van der Waals surface area contributed by atoms with Crippen LogP contribution in [0.3, 0.4) is 0 Å². The van der Waals surface area contributed by atoms with E-state index in [2.05, 4.69) is 36.0 Å². The number of rotatable bonds is 7. The topological polar surface area (TPSA) is 72.0 Å². The van der Waals surface area contributed by atoms with Gasteiger partial charge in [-0.05, 0) is 69.3 Å². The Morgan fingerprint density at radius 1 is 1.15 bits per heavy atom. The molecule has 0 atom stereocenters. The van der Waals surface area contributed by atoms with Crippen LogP contribution < -0.4 is 5.32 Å². The minimum absolute atomic E-state index is 0.405. The van der Waals surface area contributed by atoms with E-state index in [0.717, 1.165) is 55.4 Å². The van der Waals surface area contributed by atoms with Crippen LogP contribution in [0, 0.1) is 0 Å². The number of allylic oxidation sites excluding steroid dienone is 1. The van der Waals surface area contributed by atoms with Crippen molar-refractivity contribution in [1.82, 2.24) is 29.9 Å². The molecule has 3 heterocycles. The van der Waals surface area contributed by atoms with Crippen LogP contribution in [0.25, 0.3) is 11.5 Å². The maximum absolute atomic E-state index is 5.68. The van der Waals surface area contributed by atoms with E-state index >= 15 is 0 Å². The SMILES string of the molecule is S=C(NCCC1=CCCCC1)N1CCC(c2nccn2Cc2noc(-c3ccccc3)n2)CC1. The molecular weight excluding hydrogens is 444 g/mol. The number of piperidine rings is 1. The van der Waals surface area contributed by atoms with Gasteiger partial charge < -0.3 is 19.3 Å². The Morgan fingerprint density at radius 3 is 2.79 bits per heavy atom. The zero-order valence-electron chi connectivity index (χ0n) is 19.5. The molecule has 7 nitrogen and oxygen atoms in total. The van der Waals surface area contributed by atoms with Crippen molar-refractivity contribution in [3.8, 4) is 11.5 Å². The summed E-state index contributed by atoms with van der Waals surface area (Å²) in [6.45, 7) is 3.39. The summed E-state index contributed by atoms with van der Waals surface area (Å²) in [6.07, 6.45) is 14.6. The quantitative estimate of drug-likeness (QED) is 0.383. The van der Waals surface area contributed by atoms with Gasteiger partial charge in [-0.25, -0.2) is 4.98 Å². The van der Waals surface area contributed by atoms with Crippen LogP contribution in [-0.2, 0) is 6.54 Å². The lowest BCUT2D eigenvalue weighted by atomic mass is 9.96. The van der Waals surface area contributed by atoms with E-state index in [4.69, 9.17) is 16.7 Å². The van der Waals surface area contributed by atoms with Crippen molar-refractivity contribution in [3.63, 3.8) is 0 Å². The van der Waals surface area contributed by atoms with Gasteiger partial charge in [-0.3, -0.25) is 0 Å². The second-order valence-electron chi connectivity index (χ2n) is 9.15. The molecule has 178 valence electrons. The molecule has 1 fully saturated rings. The summed E-state index contributed by atoms with van der Waals surface area (Å²) in [6, 6.07) is 9.85. The average molecular weight is 477 g/mol. The molecule has 1 aliphatic heterocycles. The van der Waals surface area contributed by atoms with E-state index in [1.54, 1.807) is 5.57 Å². The minimum atomic E-state index is 0.405. The molecule has 1 saturated heterocycles. The summed E-state index contributed by atoms with van der Waals surface area (Å²) in [7, 11) is 0. The maximum Gasteiger partial charge on any atom is 0.257 e. The number of hydrogen-bond donors (Lipinski definition) is 1. The third kappa shape index (κ3) is 5.55. The van der Waals surface area contributed by atoms with E-state index < -0.39 is 0 Å². The molecule has 5 rings (SSSR count). The van der Waals surface area contributed by atoms with Gasteiger partial charge in [0.2, 0.25) is 0 Å². The first-order chi connectivity index (χ1) is 16.8.